The minimum absolute atomic E-state index is 0.754. The lowest BCUT2D eigenvalue weighted by Crippen LogP contribution is -2.47. The van der Waals surface area contributed by atoms with Gasteiger partial charge in [0.15, 0.2) is 0 Å². The molecule has 110 valence electrons. The fourth-order valence-corrected chi connectivity index (χ4v) is 2.67. The molecule has 5 nitrogen and oxygen atoms in total. The number of hydrogen-bond acceptors (Lipinski definition) is 5. The lowest BCUT2D eigenvalue weighted by molar-refractivity contribution is 0.247. The highest BCUT2D eigenvalue weighted by Crippen LogP contribution is 2.30. The van der Waals surface area contributed by atoms with Crippen molar-refractivity contribution >= 4 is 11.8 Å². The molecule has 1 N–H and O–H groups in total. The van der Waals surface area contributed by atoms with Crippen LogP contribution in [0.1, 0.15) is 26.2 Å². The maximum atomic E-state index is 4.62. The van der Waals surface area contributed by atoms with E-state index in [0.717, 1.165) is 56.8 Å². The Balaban J connectivity index is 1.53. The fourth-order valence-electron chi connectivity index (χ4n) is 2.67. The molecule has 5 heteroatoms. The third-order valence-corrected chi connectivity index (χ3v) is 4.08. The molecule has 3 rings (SSSR count). The first kappa shape index (κ1) is 13.6. The SMILES string of the molecule is CCCNc1nccc(N2CCN(CC3CC3)CC2)n1. The Bertz CT molecular complexity index is 424. The van der Waals surface area contributed by atoms with Gasteiger partial charge in [0, 0.05) is 45.5 Å². The van der Waals surface area contributed by atoms with Crippen LogP contribution in [-0.2, 0) is 0 Å². The van der Waals surface area contributed by atoms with Crippen molar-refractivity contribution in [2.45, 2.75) is 26.2 Å². The molecular weight excluding hydrogens is 250 g/mol. The van der Waals surface area contributed by atoms with Crippen molar-refractivity contribution in [1.82, 2.24) is 14.9 Å². The number of piperazine rings is 1. The van der Waals surface area contributed by atoms with Crippen LogP contribution in [0.2, 0.25) is 0 Å². The van der Waals surface area contributed by atoms with Crippen molar-refractivity contribution in [2.75, 3.05) is 49.5 Å². The molecule has 1 aromatic heterocycles. The summed E-state index contributed by atoms with van der Waals surface area (Å²) in [5.74, 6) is 2.81. The summed E-state index contributed by atoms with van der Waals surface area (Å²) in [7, 11) is 0. The number of nitrogens with one attached hydrogen (secondary N) is 1. The predicted molar refractivity (Wildman–Crippen MR) is 82.2 cm³/mol. The van der Waals surface area contributed by atoms with Gasteiger partial charge in [0.25, 0.3) is 0 Å². The number of nitrogens with zero attached hydrogens (tertiary/aromatic N) is 4. The van der Waals surface area contributed by atoms with Gasteiger partial charge >= 0.3 is 0 Å². The Labute approximate surface area is 121 Å². The Morgan fingerprint density at radius 3 is 2.75 bits per heavy atom. The zero-order valence-corrected chi connectivity index (χ0v) is 12.4. The van der Waals surface area contributed by atoms with Crippen LogP contribution in [-0.4, -0.2) is 54.1 Å². The van der Waals surface area contributed by atoms with E-state index >= 15 is 0 Å². The molecule has 1 saturated heterocycles. The van der Waals surface area contributed by atoms with Crippen molar-refractivity contribution < 1.29 is 0 Å². The van der Waals surface area contributed by atoms with E-state index in [2.05, 4.69) is 32.0 Å². The number of hydrogen-bond donors (Lipinski definition) is 1. The maximum absolute atomic E-state index is 4.62. The van der Waals surface area contributed by atoms with Gasteiger partial charge in [0.2, 0.25) is 5.95 Å². The molecular formula is C15H25N5. The quantitative estimate of drug-likeness (QED) is 0.858. The summed E-state index contributed by atoms with van der Waals surface area (Å²) < 4.78 is 0. The zero-order valence-electron chi connectivity index (χ0n) is 12.4. The highest BCUT2D eigenvalue weighted by molar-refractivity contribution is 5.42. The maximum Gasteiger partial charge on any atom is 0.224 e. The van der Waals surface area contributed by atoms with E-state index < -0.39 is 0 Å². The molecule has 0 unspecified atom stereocenters. The van der Waals surface area contributed by atoms with Gasteiger partial charge in [-0.15, -0.1) is 0 Å². The van der Waals surface area contributed by atoms with Gasteiger partial charge < -0.3 is 10.2 Å². The minimum atomic E-state index is 0.754. The molecule has 2 aliphatic rings. The van der Waals surface area contributed by atoms with E-state index in [-0.39, 0.29) is 0 Å². The highest BCUT2D eigenvalue weighted by atomic mass is 15.3. The van der Waals surface area contributed by atoms with Crippen LogP contribution in [0.5, 0.6) is 0 Å². The average molecular weight is 275 g/mol. The van der Waals surface area contributed by atoms with Gasteiger partial charge in [0.05, 0.1) is 0 Å². The summed E-state index contributed by atoms with van der Waals surface area (Å²) >= 11 is 0. The highest BCUT2D eigenvalue weighted by Gasteiger charge is 2.26. The molecule has 1 saturated carbocycles. The Hall–Kier alpha value is -1.36. The first-order chi connectivity index (χ1) is 9.85. The van der Waals surface area contributed by atoms with E-state index in [0.29, 0.717) is 0 Å². The predicted octanol–water partition coefficient (Wildman–Crippen LogP) is 1.83. The largest absolute Gasteiger partial charge is 0.354 e. The summed E-state index contributed by atoms with van der Waals surface area (Å²) in [6, 6.07) is 2.02. The van der Waals surface area contributed by atoms with E-state index in [4.69, 9.17) is 0 Å². The van der Waals surface area contributed by atoms with Gasteiger partial charge in [-0.25, -0.2) is 4.98 Å². The van der Waals surface area contributed by atoms with Crippen LogP contribution < -0.4 is 10.2 Å². The number of rotatable bonds is 6. The van der Waals surface area contributed by atoms with Crippen LogP contribution in [0.15, 0.2) is 12.3 Å². The molecule has 1 aliphatic heterocycles. The molecule has 0 spiro atoms. The van der Waals surface area contributed by atoms with Crippen LogP contribution in [0.3, 0.4) is 0 Å². The molecule has 1 aliphatic carbocycles. The minimum Gasteiger partial charge on any atom is -0.354 e. The lowest BCUT2D eigenvalue weighted by atomic mass is 10.3. The second-order valence-electron chi connectivity index (χ2n) is 5.90. The number of aromatic nitrogens is 2. The van der Waals surface area contributed by atoms with Crippen molar-refractivity contribution in [1.29, 1.82) is 0 Å². The smallest absolute Gasteiger partial charge is 0.224 e. The summed E-state index contributed by atoms with van der Waals surface area (Å²) in [6.45, 7) is 8.87. The summed E-state index contributed by atoms with van der Waals surface area (Å²) in [4.78, 5) is 13.9. The molecule has 0 amide bonds. The second kappa shape index (κ2) is 6.39. The third kappa shape index (κ3) is 3.60. The summed E-state index contributed by atoms with van der Waals surface area (Å²) in [6.07, 6.45) is 5.83. The molecule has 0 aromatic carbocycles. The van der Waals surface area contributed by atoms with Crippen molar-refractivity contribution in [3.63, 3.8) is 0 Å². The monoisotopic (exact) mass is 275 g/mol. The molecule has 2 heterocycles. The van der Waals surface area contributed by atoms with Crippen LogP contribution >= 0.6 is 0 Å². The molecule has 2 fully saturated rings. The van der Waals surface area contributed by atoms with Gasteiger partial charge in [-0.3, -0.25) is 4.90 Å². The van der Waals surface area contributed by atoms with E-state index in [9.17, 15) is 0 Å². The normalized spacial score (nSPS) is 20.1. The average Bonchev–Trinajstić information content (AvgIpc) is 3.30. The Morgan fingerprint density at radius 2 is 2.05 bits per heavy atom. The van der Waals surface area contributed by atoms with Crippen LogP contribution in [0.4, 0.5) is 11.8 Å². The van der Waals surface area contributed by atoms with Crippen LogP contribution in [0.25, 0.3) is 0 Å². The molecule has 0 atom stereocenters. The molecule has 0 bridgehead atoms. The Kier molecular flexibility index (Phi) is 4.35. The standard InChI is InChI=1S/C15H25N5/c1-2-6-16-15-17-7-5-14(18-15)20-10-8-19(9-11-20)12-13-3-4-13/h5,7,13H,2-4,6,8-12H2,1H3,(H,16,17,18). The zero-order chi connectivity index (χ0) is 13.8. The van der Waals surface area contributed by atoms with E-state index in [1.54, 1.807) is 0 Å². The van der Waals surface area contributed by atoms with Gasteiger partial charge in [-0.1, -0.05) is 6.92 Å². The third-order valence-electron chi connectivity index (χ3n) is 4.08. The van der Waals surface area contributed by atoms with Gasteiger partial charge in [0.1, 0.15) is 5.82 Å². The molecule has 20 heavy (non-hydrogen) atoms. The van der Waals surface area contributed by atoms with Gasteiger partial charge in [-0.05, 0) is 31.2 Å². The Morgan fingerprint density at radius 1 is 1.25 bits per heavy atom. The fraction of sp³-hybridized carbons (Fsp3) is 0.733. The van der Waals surface area contributed by atoms with Crippen molar-refractivity contribution in [3.05, 3.63) is 12.3 Å². The van der Waals surface area contributed by atoms with E-state index in [1.165, 1.54) is 19.4 Å². The molecule has 0 radical (unpaired) electrons. The molecule has 1 aromatic rings. The van der Waals surface area contributed by atoms with Crippen molar-refractivity contribution in [3.8, 4) is 0 Å². The van der Waals surface area contributed by atoms with Gasteiger partial charge in [-0.2, -0.15) is 4.98 Å². The topological polar surface area (TPSA) is 44.3 Å². The summed E-state index contributed by atoms with van der Waals surface area (Å²) in [5, 5.41) is 3.26. The first-order valence-corrected chi connectivity index (χ1v) is 7.89. The van der Waals surface area contributed by atoms with Crippen molar-refractivity contribution in [2.24, 2.45) is 5.92 Å². The second-order valence-corrected chi connectivity index (χ2v) is 5.90. The summed E-state index contributed by atoms with van der Waals surface area (Å²) in [5.41, 5.74) is 0. The van der Waals surface area contributed by atoms with Crippen LogP contribution in [0, 0.1) is 5.92 Å². The lowest BCUT2D eigenvalue weighted by Gasteiger charge is -2.35. The first-order valence-electron chi connectivity index (χ1n) is 7.89. The van der Waals surface area contributed by atoms with E-state index in [1.807, 2.05) is 12.3 Å². The number of anilines is 2.